The van der Waals surface area contributed by atoms with Gasteiger partial charge < -0.3 is 9.64 Å². The van der Waals surface area contributed by atoms with Crippen LogP contribution in [0.2, 0.25) is 0 Å². The molecule has 1 fully saturated rings. The summed E-state index contributed by atoms with van der Waals surface area (Å²) in [5.74, 6) is 1.28. The molecule has 0 N–H and O–H groups in total. The number of hydrogen-bond acceptors (Lipinski definition) is 6. The molecule has 0 atom stereocenters. The second-order valence-corrected chi connectivity index (χ2v) is 7.01. The van der Waals surface area contributed by atoms with Gasteiger partial charge in [0, 0.05) is 38.3 Å². The highest BCUT2D eigenvalue weighted by Crippen LogP contribution is 2.18. The largest absolute Gasteiger partial charge is 0.497 e. The van der Waals surface area contributed by atoms with E-state index < -0.39 is 0 Å². The number of carbonyl (C=O) groups excluding carboxylic acids is 1. The van der Waals surface area contributed by atoms with Gasteiger partial charge in [0.1, 0.15) is 12.3 Å². The standard InChI is InChI=1S/C21H24N6O2/c1-29-19-9-7-18(8-10-19)21-22-24-27(23-21)16-20(28)26-13-11-25(12-14-26)15-17-5-3-2-4-6-17/h2-10H,11-16H2,1H3. The zero-order valence-electron chi connectivity index (χ0n) is 16.4. The molecule has 29 heavy (non-hydrogen) atoms. The minimum atomic E-state index is 0.0167. The molecule has 3 aromatic rings. The van der Waals surface area contributed by atoms with Crippen LogP contribution >= 0.6 is 0 Å². The Bertz CT molecular complexity index is 933. The summed E-state index contributed by atoms with van der Waals surface area (Å²) in [6, 6.07) is 17.8. The number of benzene rings is 2. The van der Waals surface area contributed by atoms with Gasteiger partial charge in [0.05, 0.1) is 7.11 Å². The number of amides is 1. The summed E-state index contributed by atoms with van der Waals surface area (Å²) < 4.78 is 5.16. The molecule has 1 aliphatic heterocycles. The smallest absolute Gasteiger partial charge is 0.246 e. The molecule has 8 heteroatoms. The van der Waals surface area contributed by atoms with E-state index in [1.54, 1.807) is 7.11 Å². The molecule has 8 nitrogen and oxygen atoms in total. The predicted molar refractivity (Wildman–Crippen MR) is 108 cm³/mol. The maximum atomic E-state index is 12.6. The number of tetrazole rings is 1. The second kappa shape index (κ2) is 8.83. The van der Waals surface area contributed by atoms with Crippen LogP contribution in [0.3, 0.4) is 0 Å². The lowest BCUT2D eigenvalue weighted by Crippen LogP contribution is -2.49. The van der Waals surface area contributed by atoms with Crippen molar-refractivity contribution in [1.29, 1.82) is 0 Å². The second-order valence-electron chi connectivity index (χ2n) is 7.01. The Kier molecular flexibility index (Phi) is 5.81. The number of aromatic nitrogens is 4. The number of ether oxygens (including phenoxy) is 1. The Balaban J connectivity index is 1.29. The number of rotatable bonds is 6. The molecule has 2 heterocycles. The average Bonchev–Trinajstić information content (AvgIpc) is 3.23. The van der Waals surface area contributed by atoms with E-state index in [0.717, 1.165) is 30.9 Å². The van der Waals surface area contributed by atoms with Crippen molar-refractivity contribution in [3.8, 4) is 17.1 Å². The zero-order chi connectivity index (χ0) is 20.1. The number of methoxy groups -OCH3 is 1. The predicted octanol–water partition coefficient (Wildman–Crippen LogP) is 1.69. The summed E-state index contributed by atoms with van der Waals surface area (Å²) in [6.07, 6.45) is 0. The summed E-state index contributed by atoms with van der Waals surface area (Å²) >= 11 is 0. The highest BCUT2D eigenvalue weighted by molar-refractivity contribution is 5.76. The number of hydrogen-bond donors (Lipinski definition) is 0. The Labute approximate surface area is 169 Å². The molecule has 1 aromatic heterocycles. The van der Waals surface area contributed by atoms with Crippen molar-refractivity contribution in [3.63, 3.8) is 0 Å². The first-order valence-electron chi connectivity index (χ1n) is 9.67. The van der Waals surface area contributed by atoms with Gasteiger partial charge in [-0.05, 0) is 35.0 Å². The van der Waals surface area contributed by atoms with Crippen LogP contribution in [0.4, 0.5) is 0 Å². The molecule has 1 aliphatic rings. The van der Waals surface area contributed by atoms with Crippen LogP contribution in [0.25, 0.3) is 11.4 Å². The summed E-state index contributed by atoms with van der Waals surface area (Å²) in [5, 5.41) is 12.4. The van der Waals surface area contributed by atoms with Gasteiger partial charge in [0.25, 0.3) is 0 Å². The molecule has 1 amide bonds. The maximum absolute atomic E-state index is 12.6. The van der Waals surface area contributed by atoms with Crippen molar-refractivity contribution in [1.82, 2.24) is 30.0 Å². The molecule has 1 saturated heterocycles. The fourth-order valence-corrected chi connectivity index (χ4v) is 3.38. The first kappa shape index (κ1) is 19.1. The molecule has 0 spiro atoms. The molecule has 2 aromatic carbocycles. The molecule has 0 unspecified atom stereocenters. The van der Waals surface area contributed by atoms with E-state index >= 15 is 0 Å². The van der Waals surface area contributed by atoms with Crippen molar-refractivity contribution in [2.75, 3.05) is 33.3 Å². The van der Waals surface area contributed by atoms with Crippen molar-refractivity contribution >= 4 is 5.91 Å². The van der Waals surface area contributed by atoms with Gasteiger partial charge in [-0.1, -0.05) is 30.3 Å². The first-order valence-corrected chi connectivity index (χ1v) is 9.67. The van der Waals surface area contributed by atoms with Gasteiger partial charge in [-0.25, -0.2) is 0 Å². The van der Waals surface area contributed by atoms with E-state index in [9.17, 15) is 4.79 Å². The summed E-state index contributed by atoms with van der Waals surface area (Å²) in [7, 11) is 1.62. The van der Waals surface area contributed by atoms with Gasteiger partial charge >= 0.3 is 0 Å². The lowest BCUT2D eigenvalue weighted by molar-refractivity contribution is -0.134. The van der Waals surface area contributed by atoms with Crippen LogP contribution < -0.4 is 4.74 Å². The number of nitrogens with zero attached hydrogens (tertiary/aromatic N) is 6. The van der Waals surface area contributed by atoms with Crippen LogP contribution in [-0.4, -0.2) is 69.2 Å². The van der Waals surface area contributed by atoms with Crippen molar-refractivity contribution in [3.05, 3.63) is 60.2 Å². The molecule has 0 saturated carbocycles. The topological polar surface area (TPSA) is 76.4 Å². The quantitative estimate of drug-likeness (QED) is 0.636. The van der Waals surface area contributed by atoms with E-state index in [-0.39, 0.29) is 12.5 Å². The molecule has 4 rings (SSSR count). The Hall–Kier alpha value is -3.26. The lowest BCUT2D eigenvalue weighted by Gasteiger charge is -2.34. The van der Waals surface area contributed by atoms with Crippen molar-refractivity contribution in [2.24, 2.45) is 0 Å². The highest BCUT2D eigenvalue weighted by atomic mass is 16.5. The van der Waals surface area contributed by atoms with E-state index in [1.165, 1.54) is 10.4 Å². The van der Waals surface area contributed by atoms with Crippen LogP contribution in [0.5, 0.6) is 5.75 Å². The van der Waals surface area contributed by atoms with Gasteiger partial charge in [0.2, 0.25) is 11.7 Å². The summed E-state index contributed by atoms with van der Waals surface area (Å²) in [6.45, 7) is 4.17. The fourth-order valence-electron chi connectivity index (χ4n) is 3.38. The first-order chi connectivity index (χ1) is 14.2. The SMILES string of the molecule is COc1ccc(-c2nnn(CC(=O)N3CCN(Cc4ccccc4)CC3)n2)cc1. The Morgan fingerprint density at radius 3 is 2.41 bits per heavy atom. The summed E-state index contributed by atoms with van der Waals surface area (Å²) in [5.41, 5.74) is 2.13. The molecule has 0 bridgehead atoms. The van der Waals surface area contributed by atoms with Crippen LogP contribution in [-0.2, 0) is 17.9 Å². The third kappa shape index (κ3) is 4.78. The van der Waals surface area contributed by atoms with Crippen molar-refractivity contribution in [2.45, 2.75) is 13.1 Å². The minimum Gasteiger partial charge on any atom is -0.497 e. The Morgan fingerprint density at radius 1 is 1.00 bits per heavy atom. The highest BCUT2D eigenvalue weighted by Gasteiger charge is 2.22. The normalized spacial score (nSPS) is 14.7. The molecular weight excluding hydrogens is 368 g/mol. The molecule has 0 aliphatic carbocycles. The van der Waals surface area contributed by atoms with Crippen LogP contribution in [0.1, 0.15) is 5.56 Å². The van der Waals surface area contributed by atoms with E-state index in [0.29, 0.717) is 18.9 Å². The third-order valence-corrected chi connectivity index (χ3v) is 5.05. The third-order valence-electron chi connectivity index (χ3n) is 5.05. The average molecular weight is 392 g/mol. The van der Waals surface area contributed by atoms with Gasteiger partial charge in [-0.2, -0.15) is 4.80 Å². The zero-order valence-corrected chi connectivity index (χ0v) is 16.4. The Morgan fingerprint density at radius 2 is 1.72 bits per heavy atom. The van der Waals surface area contributed by atoms with Crippen molar-refractivity contribution < 1.29 is 9.53 Å². The van der Waals surface area contributed by atoms with Gasteiger partial charge in [-0.15, -0.1) is 10.2 Å². The fraction of sp³-hybridized carbons (Fsp3) is 0.333. The van der Waals surface area contributed by atoms with Crippen LogP contribution in [0, 0.1) is 0 Å². The number of piperazine rings is 1. The maximum Gasteiger partial charge on any atom is 0.246 e. The minimum absolute atomic E-state index is 0.0167. The lowest BCUT2D eigenvalue weighted by atomic mass is 10.2. The molecular formula is C21H24N6O2. The number of carbonyl (C=O) groups is 1. The molecule has 150 valence electrons. The van der Waals surface area contributed by atoms with Gasteiger partial charge in [0.15, 0.2) is 0 Å². The van der Waals surface area contributed by atoms with Crippen LogP contribution in [0.15, 0.2) is 54.6 Å². The summed E-state index contributed by atoms with van der Waals surface area (Å²) in [4.78, 5) is 18.2. The monoisotopic (exact) mass is 392 g/mol. The molecule has 0 radical (unpaired) electrons. The van der Waals surface area contributed by atoms with Gasteiger partial charge in [-0.3, -0.25) is 9.69 Å². The van der Waals surface area contributed by atoms with E-state index in [1.807, 2.05) is 35.2 Å². The van der Waals surface area contributed by atoms with E-state index in [2.05, 4.69) is 44.6 Å². The van der Waals surface area contributed by atoms with E-state index in [4.69, 9.17) is 4.74 Å².